The van der Waals surface area contributed by atoms with Crippen LogP contribution in [-0.4, -0.2) is 35.0 Å². The summed E-state index contributed by atoms with van der Waals surface area (Å²) in [5, 5.41) is 3.06. The van der Waals surface area contributed by atoms with Crippen molar-refractivity contribution < 1.29 is 23.9 Å². The molecule has 4 amide bonds. The van der Waals surface area contributed by atoms with Crippen molar-refractivity contribution in [3.8, 4) is 5.00 Å². The third-order valence-corrected chi connectivity index (χ3v) is 8.00. The van der Waals surface area contributed by atoms with Crippen LogP contribution < -0.4 is 10.2 Å². The molecular weight excluding hydrogens is 490 g/mol. The van der Waals surface area contributed by atoms with E-state index in [1.165, 1.54) is 11.0 Å². The number of para-hydroxylation sites is 1. The summed E-state index contributed by atoms with van der Waals surface area (Å²) < 4.78 is 7.42. The van der Waals surface area contributed by atoms with Gasteiger partial charge in [-0.25, -0.2) is 14.5 Å². The summed E-state index contributed by atoms with van der Waals surface area (Å²) in [7, 11) is 0. The van der Waals surface area contributed by atoms with Crippen LogP contribution in [0.1, 0.15) is 57.5 Å². The number of anilines is 1. The van der Waals surface area contributed by atoms with Crippen LogP contribution in [0, 0.1) is 13.8 Å². The summed E-state index contributed by atoms with van der Waals surface area (Å²) in [6, 6.07) is 9.56. The smallest absolute Gasteiger partial charge is 0.341 e. The van der Waals surface area contributed by atoms with Gasteiger partial charge in [-0.15, -0.1) is 11.3 Å². The molecule has 1 aromatic carbocycles. The van der Waals surface area contributed by atoms with Gasteiger partial charge in [-0.1, -0.05) is 18.2 Å². The van der Waals surface area contributed by atoms with Crippen molar-refractivity contribution >= 4 is 46.9 Å². The van der Waals surface area contributed by atoms with E-state index in [-0.39, 0.29) is 18.1 Å². The van der Waals surface area contributed by atoms with E-state index in [9.17, 15) is 19.2 Å². The fourth-order valence-electron chi connectivity index (χ4n) is 4.99. The Labute approximate surface area is 218 Å². The Kier molecular flexibility index (Phi) is 6.55. The monoisotopic (exact) mass is 517 g/mol. The number of hydrogen-bond donors (Lipinski definition) is 1. The van der Waals surface area contributed by atoms with Gasteiger partial charge in [-0.2, -0.15) is 0 Å². The molecule has 2 aromatic heterocycles. The first kappa shape index (κ1) is 24.7. The SMILES string of the molecule is CCOC(=O)c1c(-n2c(C)cc(C=C3C(=O)NC(=O)N(c4ccccc4)C3=O)c2C)sc2c1CCCC2. The molecular formula is C28H27N3O5S. The van der Waals surface area contributed by atoms with Gasteiger partial charge >= 0.3 is 12.0 Å². The van der Waals surface area contributed by atoms with Gasteiger partial charge in [-0.05, 0) is 81.9 Å². The first-order valence-corrected chi connectivity index (χ1v) is 13.1. The van der Waals surface area contributed by atoms with E-state index in [1.54, 1.807) is 48.6 Å². The number of aryl methyl sites for hydroxylation is 2. The predicted octanol–water partition coefficient (Wildman–Crippen LogP) is 4.88. The summed E-state index contributed by atoms with van der Waals surface area (Å²) >= 11 is 1.60. The van der Waals surface area contributed by atoms with Crippen molar-refractivity contribution in [1.82, 2.24) is 9.88 Å². The van der Waals surface area contributed by atoms with Crippen LogP contribution in [0.25, 0.3) is 11.1 Å². The normalized spacial score (nSPS) is 16.7. The first-order chi connectivity index (χ1) is 17.8. The summed E-state index contributed by atoms with van der Waals surface area (Å²) in [4.78, 5) is 53.7. The lowest BCUT2D eigenvalue weighted by Crippen LogP contribution is -2.54. The van der Waals surface area contributed by atoms with Gasteiger partial charge in [0.05, 0.1) is 17.9 Å². The molecule has 2 aliphatic rings. The summed E-state index contributed by atoms with van der Waals surface area (Å²) in [6.45, 7) is 5.89. The van der Waals surface area contributed by atoms with E-state index in [2.05, 4.69) is 5.32 Å². The van der Waals surface area contributed by atoms with Gasteiger partial charge in [0.1, 0.15) is 10.6 Å². The van der Waals surface area contributed by atoms with Crippen molar-refractivity contribution in [3.63, 3.8) is 0 Å². The van der Waals surface area contributed by atoms with Gasteiger partial charge in [-0.3, -0.25) is 14.9 Å². The number of carbonyl (C=O) groups is 4. The Morgan fingerprint density at radius 1 is 1.11 bits per heavy atom. The zero-order valence-electron chi connectivity index (χ0n) is 20.9. The van der Waals surface area contributed by atoms with Crippen molar-refractivity contribution in [1.29, 1.82) is 0 Å². The number of urea groups is 1. The number of barbiturate groups is 1. The van der Waals surface area contributed by atoms with Crippen LogP contribution in [-0.2, 0) is 27.2 Å². The quantitative estimate of drug-likeness (QED) is 0.296. The van der Waals surface area contributed by atoms with E-state index in [0.717, 1.165) is 52.5 Å². The number of rotatable bonds is 5. The molecule has 37 heavy (non-hydrogen) atoms. The Morgan fingerprint density at radius 3 is 2.57 bits per heavy atom. The Balaban J connectivity index is 1.59. The molecule has 190 valence electrons. The number of nitrogens with zero attached hydrogens (tertiary/aromatic N) is 2. The minimum atomic E-state index is -0.785. The van der Waals surface area contributed by atoms with Crippen LogP contribution in [0.5, 0.6) is 0 Å². The molecule has 1 N–H and O–H groups in total. The van der Waals surface area contributed by atoms with Crippen LogP contribution in [0.15, 0.2) is 42.0 Å². The Bertz CT molecular complexity index is 1460. The molecule has 0 spiro atoms. The van der Waals surface area contributed by atoms with Crippen LogP contribution in [0.3, 0.4) is 0 Å². The molecule has 8 nitrogen and oxygen atoms in total. The second-order valence-corrected chi connectivity index (χ2v) is 10.2. The second-order valence-electron chi connectivity index (χ2n) is 9.07. The maximum atomic E-state index is 13.3. The van der Waals surface area contributed by atoms with E-state index < -0.39 is 17.8 Å². The second kappa shape index (κ2) is 9.82. The third kappa shape index (κ3) is 4.29. The lowest BCUT2D eigenvalue weighted by Gasteiger charge is -2.26. The number of esters is 1. The first-order valence-electron chi connectivity index (χ1n) is 12.3. The number of ether oxygens (including phenoxy) is 1. The number of fused-ring (bicyclic) bond motifs is 1. The van der Waals surface area contributed by atoms with E-state index >= 15 is 0 Å². The number of hydrogen-bond acceptors (Lipinski definition) is 6. The maximum absolute atomic E-state index is 13.3. The minimum Gasteiger partial charge on any atom is -0.462 e. The maximum Gasteiger partial charge on any atom is 0.341 e. The molecule has 3 aromatic rings. The van der Waals surface area contributed by atoms with Gasteiger partial charge in [0.25, 0.3) is 11.8 Å². The third-order valence-electron chi connectivity index (χ3n) is 6.72. The number of thiophene rings is 1. The van der Waals surface area contributed by atoms with Crippen LogP contribution >= 0.6 is 11.3 Å². The fraction of sp³-hybridized carbons (Fsp3) is 0.286. The number of imide groups is 2. The summed E-state index contributed by atoms with van der Waals surface area (Å²) in [5.41, 5.74) is 4.19. The molecule has 0 bridgehead atoms. The molecule has 1 aliphatic heterocycles. The molecule has 0 unspecified atom stereocenters. The predicted molar refractivity (Wildman–Crippen MR) is 141 cm³/mol. The van der Waals surface area contributed by atoms with E-state index in [0.29, 0.717) is 16.8 Å². The number of aromatic nitrogens is 1. The highest BCUT2D eigenvalue weighted by atomic mass is 32.1. The van der Waals surface area contributed by atoms with Gasteiger partial charge < -0.3 is 9.30 Å². The number of benzene rings is 1. The summed E-state index contributed by atoms with van der Waals surface area (Å²) in [6.07, 6.45) is 5.40. The lowest BCUT2D eigenvalue weighted by molar-refractivity contribution is -0.122. The van der Waals surface area contributed by atoms with Gasteiger partial charge in [0.2, 0.25) is 0 Å². The molecule has 3 heterocycles. The zero-order valence-corrected chi connectivity index (χ0v) is 21.7. The summed E-state index contributed by atoms with van der Waals surface area (Å²) in [5.74, 6) is -1.77. The molecule has 1 fully saturated rings. The molecule has 5 rings (SSSR count). The lowest BCUT2D eigenvalue weighted by atomic mass is 9.95. The average Bonchev–Trinajstić information content (AvgIpc) is 3.38. The van der Waals surface area contributed by atoms with Crippen molar-refractivity contribution in [2.45, 2.75) is 46.5 Å². The van der Waals surface area contributed by atoms with Crippen molar-refractivity contribution in [2.75, 3.05) is 11.5 Å². The molecule has 1 saturated heterocycles. The molecule has 0 saturated carbocycles. The molecule has 0 atom stereocenters. The molecule has 1 aliphatic carbocycles. The van der Waals surface area contributed by atoms with Crippen LogP contribution in [0.4, 0.5) is 10.5 Å². The topological polar surface area (TPSA) is 97.7 Å². The van der Waals surface area contributed by atoms with Crippen molar-refractivity contribution in [2.24, 2.45) is 0 Å². The highest BCUT2D eigenvalue weighted by Gasteiger charge is 2.37. The molecule has 0 radical (unpaired) electrons. The van der Waals surface area contributed by atoms with E-state index in [1.807, 2.05) is 24.5 Å². The fourth-order valence-corrected chi connectivity index (χ4v) is 6.48. The van der Waals surface area contributed by atoms with Crippen molar-refractivity contribution in [3.05, 3.63) is 74.9 Å². The number of carbonyl (C=O) groups excluding carboxylic acids is 4. The number of nitrogens with one attached hydrogen (secondary N) is 1. The average molecular weight is 518 g/mol. The van der Waals surface area contributed by atoms with Crippen LogP contribution in [0.2, 0.25) is 0 Å². The van der Waals surface area contributed by atoms with Gasteiger partial charge in [0.15, 0.2) is 0 Å². The highest BCUT2D eigenvalue weighted by molar-refractivity contribution is 7.15. The Morgan fingerprint density at radius 2 is 1.84 bits per heavy atom. The highest BCUT2D eigenvalue weighted by Crippen LogP contribution is 2.39. The molecule has 9 heteroatoms. The van der Waals surface area contributed by atoms with Gasteiger partial charge in [0, 0.05) is 16.3 Å². The Hall–Kier alpha value is -3.98. The number of amides is 4. The standard InChI is InChI=1S/C28H27N3O5S/c1-4-36-27(34)23-20-12-8-9-13-22(20)37-26(23)30-16(2)14-18(17(30)3)15-21-24(32)29-28(35)31(25(21)33)19-10-6-5-7-11-19/h5-7,10-11,14-15H,4,8-9,12-13H2,1-3H3,(H,29,32,35). The van der Waals surface area contributed by atoms with E-state index in [4.69, 9.17) is 4.74 Å². The zero-order chi connectivity index (χ0) is 26.3. The minimum absolute atomic E-state index is 0.139. The largest absolute Gasteiger partial charge is 0.462 e.